The number of carbonyl (C=O) groups excluding carboxylic acids is 2. The van der Waals surface area contributed by atoms with Gasteiger partial charge >= 0.3 is 12.0 Å². The summed E-state index contributed by atoms with van der Waals surface area (Å²) in [5.74, 6) is -1.57. The highest BCUT2D eigenvalue weighted by molar-refractivity contribution is 6.07. The van der Waals surface area contributed by atoms with E-state index in [0.29, 0.717) is 6.54 Å². The molecule has 2 N–H and O–H groups in total. The zero-order valence-corrected chi connectivity index (χ0v) is 11.4. The Morgan fingerprint density at radius 1 is 1.17 bits per heavy atom. The van der Waals surface area contributed by atoms with Crippen LogP contribution in [0.3, 0.4) is 0 Å². The molecule has 0 unspecified atom stereocenters. The fourth-order valence-corrected chi connectivity index (χ4v) is 1.25. The SMILES string of the molecule is C/C(C(=O)O)=C(\C)C(=O)NC(=O)N(C)CC(C)C. The highest BCUT2D eigenvalue weighted by Gasteiger charge is 2.17. The maximum Gasteiger partial charge on any atom is 0.331 e. The molecule has 0 aromatic heterocycles. The normalized spacial score (nSPS) is 11.9. The summed E-state index contributed by atoms with van der Waals surface area (Å²) in [5.41, 5.74) is -0.0550. The van der Waals surface area contributed by atoms with Crippen LogP contribution in [-0.2, 0) is 9.59 Å². The Bertz CT molecular complexity index is 386. The molecule has 0 spiro atoms. The molecule has 102 valence electrons. The van der Waals surface area contributed by atoms with Crippen molar-refractivity contribution >= 4 is 17.9 Å². The highest BCUT2D eigenvalue weighted by Crippen LogP contribution is 2.04. The van der Waals surface area contributed by atoms with Crippen LogP contribution in [0.5, 0.6) is 0 Å². The number of hydrogen-bond donors (Lipinski definition) is 2. The lowest BCUT2D eigenvalue weighted by Crippen LogP contribution is -2.42. The third kappa shape index (κ3) is 4.99. The van der Waals surface area contributed by atoms with E-state index in [1.807, 2.05) is 13.8 Å². The second-order valence-corrected chi connectivity index (χ2v) is 4.59. The Morgan fingerprint density at radius 2 is 1.67 bits per heavy atom. The van der Waals surface area contributed by atoms with Gasteiger partial charge in [0.25, 0.3) is 5.91 Å². The van der Waals surface area contributed by atoms with E-state index in [2.05, 4.69) is 5.32 Å². The van der Waals surface area contributed by atoms with Gasteiger partial charge in [-0.1, -0.05) is 13.8 Å². The molecule has 0 saturated heterocycles. The number of carboxylic acid groups (broad SMARTS) is 1. The van der Waals surface area contributed by atoms with Crippen molar-refractivity contribution in [3.63, 3.8) is 0 Å². The van der Waals surface area contributed by atoms with E-state index >= 15 is 0 Å². The molecule has 0 aromatic rings. The minimum atomic E-state index is -1.18. The number of amides is 3. The quantitative estimate of drug-likeness (QED) is 0.741. The molecule has 6 heteroatoms. The van der Waals surface area contributed by atoms with Crippen molar-refractivity contribution in [1.29, 1.82) is 0 Å². The third-order valence-corrected chi connectivity index (χ3v) is 2.43. The zero-order chi connectivity index (χ0) is 14.5. The minimum absolute atomic E-state index is 0.0220. The van der Waals surface area contributed by atoms with Gasteiger partial charge in [0.05, 0.1) is 0 Å². The first-order chi connectivity index (χ1) is 8.16. The molecular formula is C12H20N2O4. The van der Waals surface area contributed by atoms with Crippen LogP contribution < -0.4 is 5.32 Å². The highest BCUT2D eigenvalue weighted by atomic mass is 16.4. The number of nitrogens with zero attached hydrogens (tertiary/aromatic N) is 1. The Hall–Kier alpha value is -1.85. The van der Waals surface area contributed by atoms with Gasteiger partial charge in [0.15, 0.2) is 0 Å². The van der Waals surface area contributed by atoms with Crippen molar-refractivity contribution in [3.05, 3.63) is 11.1 Å². The summed E-state index contributed by atoms with van der Waals surface area (Å²) < 4.78 is 0. The Labute approximate surface area is 107 Å². The van der Waals surface area contributed by atoms with E-state index in [4.69, 9.17) is 5.11 Å². The van der Waals surface area contributed by atoms with Gasteiger partial charge in [0.1, 0.15) is 0 Å². The summed E-state index contributed by atoms with van der Waals surface area (Å²) in [4.78, 5) is 35.3. The number of nitrogens with one attached hydrogen (secondary N) is 1. The van der Waals surface area contributed by atoms with Gasteiger partial charge in [-0.05, 0) is 19.8 Å². The number of rotatable bonds is 4. The molecule has 0 aliphatic rings. The number of urea groups is 1. The largest absolute Gasteiger partial charge is 0.478 e. The maximum atomic E-state index is 11.6. The van der Waals surface area contributed by atoms with Crippen molar-refractivity contribution < 1.29 is 19.5 Å². The predicted octanol–water partition coefficient (Wildman–Crippen LogP) is 1.23. The van der Waals surface area contributed by atoms with E-state index in [0.717, 1.165) is 0 Å². The Balaban J connectivity index is 4.63. The number of aliphatic carboxylic acids is 1. The molecule has 0 fully saturated rings. The van der Waals surface area contributed by atoms with Gasteiger partial charge in [-0.3, -0.25) is 10.1 Å². The van der Waals surface area contributed by atoms with E-state index in [9.17, 15) is 14.4 Å². The zero-order valence-electron chi connectivity index (χ0n) is 11.4. The smallest absolute Gasteiger partial charge is 0.331 e. The Morgan fingerprint density at radius 3 is 2.06 bits per heavy atom. The Kier molecular flexibility index (Phi) is 6.08. The van der Waals surface area contributed by atoms with E-state index in [1.54, 1.807) is 7.05 Å². The topological polar surface area (TPSA) is 86.7 Å². The molecule has 0 saturated carbocycles. The fourth-order valence-electron chi connectivity index (χ4n) is 1.25. The van der Waals surface area contributed by atoms with E-state index in [-0.39, 0.29) is 17.1 Å². The van der Waals surface area contributed by atoms with Crippen LogP contribution in [0.2, 0.25) is 0 Å². The lowest BCUT2D eigenvalue weighted by atomic mass is 10.1. The van der Waals surface area contributed by atoms with Crippen LogP contribution in [0, 0.1) is 5.92 Å². The van der Waals surface area contributed by atoms with Crippen molar-refractivity contribution in [2.45, 2.75) is 27.7 Å². The summed E-state index contributed by atoms with van der Waals surface area (Å²) in [5, 5.41) is 10.9. The molecule has 0 aliphatic heterocycles. The summed E-state index contributed by atoms with van der Waals surface area (Å²) in [7, 11) is 1.58. The molecule has 0 radical (unpaired) electrons. The van der Waals surface area contributed by atoms with Crippen LogP contribution in [-0.4, -0.2) is 41.5 Å². The number of carboxylic acids is 1. The monoisotopic (exact) mass is 256 g/mol. The van der Waals surface area contributed by atoms with Crippen molar-refractivity contribution in [2.75, 3.05) is 13.6 Å². The number of imide groups is 1. The summed E-state index contributed by atoms with van der Waals surface area (Å²) in [6, 6.07) is -0.536. The van der Waals surface area contributed by atoms with Gasteiger partial charge in [-0.25, -0.2) is 9.59 Å². The molecular weight excluding hydrogens is 236 g/mol. The van der Waals surface area contributed by atoms with Crippen LogP contribution in [0.1, 0.15) is 27.7 Å². The van der Waals surface area contributed by atoms with Gasteiger partial charge < -0.3 is 10.0 Å². The molecule has 0 atom stereocenters. The van der Waals surface area contributed by atoms with Gasteiger partial charge in [-0.15, -0.1) is 0 Å². The lowest BCUT2D eigenvalue weighted by molar-refractivity contribution is -0.133. The first kappa shape index (κ1) is 16.1. The van der Waals surface area contributed by atoms with Crippen LogP contribution >= 0.6 is 0 Å². The molecule has 6 nitrogen and oxygen atoms in total. The molecule has 0 bridgehead atoms. The maximum absolute atomic E-state index is 11.6. The first-order valence-corrected chi connectivity index (χ1v) is 5.64. The summed E-state index contributed by atoms with van der Waals surface area (Å²) >= 11 is 0. The first-order valence-electron chi connectivity index (χ1n) is 5.64. The average Bonchev–Trinajstić information content (AvgIpc) is 2.25. The van der Waals surface area contributed by atoms with Crippen LogP contribution in [0.15, 0.2) is 11.1 Å². The average molecular weight is 256 g/mol. The second kappa shape index (κ2) is 6.78. The van der Waals surface area contributed by atoms with Crippen LogP contribution in [0.4, 0.5) is 4.79 Å². The molecule has 0 heterocycles. The minimum Gasteiger partial charge on any atom is -0.478 e. The van der Waals surface area contributed by atoms with Crippen molar-refractivity contribution in [1.82, 2.24) is 10.2 Å². The van der Waals surface area contributed by atoms with E-state index in [1.165, 1.54) is 18.7 Å². The van der Waals surface area contributed by atoms with Crippen molar-refractivity contribution in [2.24, 2.45) is 5.92 Å². The standard InChI is InChI=1S/C12H20N2O4/c1-7(2)6-14(5)12(18)13-10(15)8(3)9(4)11(16)17/h7H,6H2,1-5H3,(H,16,17)(H,13,15,18)/b9-8-. The second-order valence-electron chi connectivity index (χ2n) is 4.59. The number of hydrogen-bond acceptors (Lipinski definition) is 3. The molecule has 0 rings (SSSR count). The van der Waals surface area contributed by atoms with E-state index < -0.39 is 17.9 Å². The number of carbonyl (C=O) groups is 3. The third-order valence-electron chi connectivity index (χ3n) is 2.43. The molecule has 0 aromatic carbocycles. The van der Waals surface area contributed by atoms with Gasteiger partial charge in [0.2, 0.25) is 0 Å². The van der Waals surface area contributed by atoms with Gasteiger partial charge in [0, 0.05) is 24.7 Å². The molecule has 3 amide bonds. The predicted molar refractivity (Wildman–Crippen MR) is 67.0 cm³/mol. The fraction of sp³-hybridized carbons (Fsp3) is 0.583. The van der Waals surface area contributed by atoms with Crippen molar-refractivity contribution in [3.8, 4) is 0 Å². The molecule has 18 heavy (non-hydrogen) atoms. The lowest BCUT2D eigenvalue weighted by Gasteiger charge is -2.19. The summed E-state index contributed by atoms with van der Waals surface area (Å²) in [6.45, 7) is 7.10. The van der Waals surface area contributed by atoms with Crippen LogP contribution in [0.25, 0.3) is 0 Å². The molecule has 0 aliphatic carbocycles. The van der Waals surface area contributed by atoms with Gasteiger partial charge in [-0.2, -0.15) is 0 Å². The summed E-state index contributed by atoms with van der Waals surface area (Å²) in [6.07, 6.45) is 0.